The van der Waals surface area contributed by atoms with Crippen LogP contribution in [0.5, 0.6) is 0 Å². The number of carbonyl (C=O) groups excluding carboxylic acids is 5. The van der Waals surface area contributed by atoms with Crippen molar-refractivity contribution < 1.29 is 33.8 Å². The third kappa shape index (κ3) is 11.9. The van der Waals surface area contributed by atoms with E-state index >= 15 is 0 Å². The predicted octanol–water partition coefficient (Wildman–Crippen LogP) is 1.58. The van der Waals surface area contributed by atoms with Crippen LogP contribution in [0.4, 0.5) is 0 Å². The van der Waals surface area contributed by atoms with Gasteiger partial charge in [0, 0.05) is 19.3 Å². The number of likely N-dealkylation sites (N-methyl/N-ethyl adjacent to an activating group) is 1. The highest BCUT2D eigenvalue weighted by atomic mass is 16.5. The number of nitrogens with zero attached hydrogens (tertiary/aromatic N) is 1. The fourth-order valence-electron chi connectivity index (χ4n) is 6.17. The molecule has 0 bridgehead atoms. The molecule has 1 fully saturated rings. The molecule has 6 atom stereocenters. The summed E-state index contributed by atoms with van der Waals surface area (Å²) in [5, 5.41) is 21.1. The molecule has 13 heteroatoms. The van der Waals surface area contributed by atoms with Crippen molar-refractivity contribution >= 4 is 29.5 Å². The quantitative estimate of drug-likeness (QED) is 0.192. The van der Waals surface area contributed by atoms with Crippen molar-refractivity contribution in [3.8, 4) is 0 Å². The van der Waals surface area contributed by atoms with Crippen LogP contribution in [-0.4, -0.2) is 90.0 Å². The summed E-state index contributed by atoms with van der Waals surface area (Å²) in [7, 11) is 1.62. The first-order valence-corrected chi connectivity index (χ1v) is 17.1. The van der Waals surface area contributed by atoms with E-state index in [4.69, 9.17) is 10.5 Å². The van der Waals surface area contributed by atoms with Gasteiger partial charge in [0.15, 0.2) is 0 Å². The van der Waals surface area contributed by atoms with Gasteiger partial charge in [-0.1, -0.05) is 65.2 Å². The molecule has 1 saturated carbocycles. The van der Waals surface area contributed by atoms with Crippen LogP contribution in [0, 0.1) is 11.8 Å². The fourth-order valence-corrected chi connectivity index (χ4v) is 6.17. The van der Waals surface area contributed by atoms with Gasteiger partial charge in [0.2, 0.25) is 29.5 Å². The Morgan fingerprint density at radius 3 is 2.22 bits per heavy atom. The van der Waals surface area contributed by atoms with E-state index in [9.17, 15) is 29.1 Å². The molecular formula is C33H58N6O7. The number of allylic oxidation sites excluding steroid dienone is 1. The first-order valence-electron chi connectivity index (χ1n) is 17.1. The van der Waals surface area contributed by atoms with Gasteiger partial charge in [-0.15, -0.1) is 0 Å². The van der Waals surface area contributed by atoms with E-state index in [1.54, 1.807) is 14.0 Å². The monoisotopic (exact) mass is 650 g/mol. The molecule has 262 valence electrons. The van der Waals surface area contributed by atoms with Crippen molar-refractivity contribution in [2.24, 2.45) is 17.6 Å². The third-order valence-electron chi connectivity index (χ3n) is 8.95. The number of unbranched alkanes of at least 4 members (excludes halogenated alkanes) is 3. The molecule has 13 nitrogen and oxygen atoms in total. The minimum atomic E-state index is -1.35. The zero-order valence-electron chi connectivity index (χ0n) is 28.4. The average Bonchev–Trinajstić information content (AvgIpc) is 3.03. The third-order valence-corrected chi connectivity index (χ3v) is 8.95. The summed E-state index contributed by atoms with van der Waals surface area (Å²) in [6.45, 7) is 6.74. The molecule has 0 aromatic carbocycles. The molecule has 6 unspecified atom stereocenters. The molecule has 7 N–H and O–H groups in total. The van der Waals surface area contributed by atoms with Gasteiger partial charge in [0.1, 0.15) is 30.4 Å². The second-order valence-corrected chi connectivity index (χ2v) is 12.8. The molecule has 0 spiro atoms. The van der Waals surface area contributed by atoms with Gasteiger partial charge in [-0.3, -0.25) is 24.0 Å². The molecule has 1 heterocycles. The number of amides is 5. The first-order chi connectivity index (χ1) is 21.9. The standard InChI is InChI=1S/C33H58N6O7/c1-6-8-9-11-17-24-20-46-19-21(3)35-31(43)27(22(4)40)37-29(41)25(18-34)36-32(44)28(23-15-12-10-13-16-23)38-30(42)26(14-7-2)39(5)33(24)45/h19,22-28,40H,6-18,20,34H2,1-5H3,(H,35,43)(H,36,44)(H,37,41)(H,38,42)/b21-19-. The van der Waals surface area contributed by atoms with Crippen molar-refractivity contribution in [1.82, 2.24) is 26.2 Å². The molecule has 0 radical (unpaired) electrons. The smallest absolute Gasteiger partial charge is 0.249 e. The maximum Gasteiger partial charge on any atom is 0.249 e. The number of hydrogen-bond donors (Lipinski definition) is 6. The van der Waals surface area contributed by atoms with Crippen LogP contribution in [0.15, 0.2) is 12.0 Å². The highest BCUT2D eigenvalue weighted by Gasteiger charge is 2.38. The van der Waals surface area contributed by atoms with E-state index in [1.165, 1.54) is 18.1 Å². The van der Waals surface area contributed by atoms with Crippen LogP contribution in [0.2, 0.25) is 0 Å². The maximum absolute atomic E-state index is 13.9. The molecule has 5 amide bonds. The van der Waals surface area contributed by atoms with E-state index < -0.39 is 59.8 Å². The Balaban J connectivity index is 2.51. The number of aliphatic hydroxyl groups excluding tert-OH is 1. The van der Waals surface area contributed by atoms with Gasteiger partial charge in [0.05, 0.1) is 18.6 Å². The predicted molar refractivity (Wildman–Crippen MR) is 175 cm³/mol. The molecule has 2 aliphatic rings. The lowest BCUT2D eigenvalue weighted by Gasteiger charge is -2.35. The summed E-state index contributed by atoms with van der Waals surface area (Å²) in [5.74, 6) is -3.37. The number of nitrogens with two attached hydrogens (primary N) is 1. The summed E-state index contributed by atoms with van der Waals surface area (Å²) in [5.41, 5.74) is 6.19. The lowest BCUT2D eigenvalue weighted by atomic mass is 9.83. The number of nitrogens with one attached hydrogen (secondary N) is 4. The van der Waals surface area contributed by atoms with E-state index in [0.717, 1.165) is 57.8 Å². The van der Waals surface area contributed by atoms with E-state index in [-0.39, 0.29) is 25.0 Å². The summed E-state index contributed by atoms with van der Waals surface area (Å²) >= 11 is 0. The number of rotatable bonds is 10. The van der Waals surface area contributed by atoms with Gasteiger partial charge in [0.25, 0.3) is 0 Å². The van der Waals surface area contributed by atoms with Gasteiger partial charge in [-0.25, -0.2) is 0 Å². The summed E-state index contributed by atoms with van der Waals surface area (Å²) in [6.07, 6.45) is 9.79. The molecule has 1 aliphatic heterocycles. The molecule has 0 aromatic heterocycles. The molecule has 1 aliphatic carbocycles. The van der Waals surface area contributed by atoms with Crippen molar-refractivity contribution in [2.75, 3.05) is 20.2 Å². The number of aliphatic hydroxyl groups is 1. The average molecular weight is 651 g/mol. The van der Waals surface area contributed by atoms with E-state index in [2.05, 4.69) is 28.2 Å². The van der Waals surface area contributed by atoms with Crippen molar-refractivity contribution in [3.05, 3.63) is 12.0 Å². The lowest BCUT2D eigenvalue weighted by molar-refractivity contribution is -0.144. The van der Waals surface area contributed by atoms with Gasteiger partial charge >= 0.3 is 0 Å². The van der Waals surface area contributed by atoms with Gasteiger partial charge in [-0.05, 0) is 45.4 Å². The summed E-state index contributed by atoms with van der Waals surface area (Å²) in [6, 6.07) is -4.34. The normalized spacial score (nSPS) is 28.7. The Morgan fingerprint density at radius 1 is 0.913 bits per heavy atom. The van der Waals surface area contributed by atoms with Crippen molar-refractivity contribution in [1.29, 1.82) is 0 Å². The Kier molecular flexibility index (Phi) is 17.1. The number of hydrogen-bond acceptors (Lipinski definition) is 8. The van der Waals surface area contributed by atoms with Crippen LogP contribution < -0.4 is 27.0 Å². The molecule has 2 rings (SSSR count). The topological polar surface area (TPSA) is 192 Å². The van der Waals surface area contributed by atoms with Crippen LogP contribution in [0.1, 0.15) is 105 Å². The minimum absolute atomic E-state index is 0.0326. The fraction of sp³-hybridized carbons (Fsp3) is 0.788. The Bertz CT molecular complexity index is 1050. The highest BCUT2D eigenvalue weighted by Crippen LogP contribution is 2.27. The second kappa shape index (κ2) is 20.1. The summed E-state index contributed by atoms with van der Waals surface area (Å²) < 4.78 is 5.79. The summed E-state index contributed by atoms with van der Waals surface area (Å²) in [4.78, 5) is 69.3. The van der Waals surface area contributed by atoms with E-state index in [1.807, 2.05) is 6.92 Å². The highest BCUT2D eigenvalue weighted by molar-refractivity contribution is 5.96. The number of ether oxygens (including phenoxy) is 1. The van der Waals surface area contributed by atoms with Crippen LogP contribution in [-0.2, 0) is 28.7 Å². The Hall–Kier alpha value is -3.19. The lowest BCUT2D eigenvalue weighted by Crippen LogP contribution is -2.62. The maximum atomic E-state index is 13.9. The van der Waals surface area contributed by atoms with Crippen molar-refractivity contribution in [2.45, 2.75) is 135 Å². The van der Waals surface area contributed by atoms with Crippen LogP contribution in [0.25, 0.3) is 0 Å². The first kappa shape index (κ1) is 39.0. The largest absolute Gasteiger partial charge is 0.499 e. The molecular weight excluding hydrogens is 592 g/mol. The van der Waals surface area contributed by atoms with E-state index in [0.29, 0.717) is 25.0 Å². The van der Waals surface area contributed by atoms with Crippen LogP contribution in [0.3, 0.4) is 0 Å². The Morgan fingerprint density at radius 2 is 1.61 bits per heavy atom. The van der Waals surface area contributed by atoms with Crippen molar-refractivity contribution in [3.63, 3.8) is 0 Å². The molecule has 46 heavy (non-hydrogen) atoms. The zero-order valence-corrected chi connectivity index (χ0v) is 28.4. The second-order valence-electron chi connectivity index (χ2n) is 12.8. The van der Waals surface area contributed by atoms with Gasteiger partial charge < -0.3 is 41.7 Å². The molecule has 0 aromatic rings. The molecule has 0 saturated heterocycles. The van der Waals surface area contributed by atoms with Gasteiger partial charge in [-0.2, -0.15) is 0 Å². The zero-order chi connectivity index (χ0) is 34.2. The van der Waals surface area contributed by atoms with Crippen LogP contribution >= 0.6 is 0 Å². The SMILES string of the molecule is CCCCCCC1CO/C=C(/C)NC(=O)C(C(C)O)NC(=O)C(CN)NC(=O)C(C2CCCCC2)NC(=O)C(CCC)N(C)C1=O. The number of carbonyl (C=O) groups is 5. The minimum Gasteiger partial charge on any atom is -0.499 e. The Labute approximate surface area is 274 Å².